The molecule has 1 fully saturated rings. The van der Waals surface area contributed by atoms with Crippen LogP contribution in [0.15, 0.2) is 71.6 Å². The van der Waals surface area contributed by atoms with E-state index in [1.54, 1.807) is 41.3 Å². The Balaban J connectivity index is 1.46. The summed E-state index contributed by atoms with van der Waals surface area (Å²) in [6, 6.07) is 19.2. The zero-order valence-corrected chi connectivity index (χ0v) is 22.7. The van der Waals surface area contributed by atoms with Crippen molar-refractivity contribution in [3.05, 3.63) is 83.4 Å². The summed E-state index contributed by atoms with van der Waals surface area (Å²) >= 11 is 1.48. The highest BCUT2D eigenvalue weighted by Gasteiger charge is 2.28. The first-order chi connectivity index (χ1) is 17.7. The summed E-state index contributed by atoms with van der Waals surface area (Å²) in [4.78, 5) is 20.4. The van der Waals surface area contributed by atoms with Gasteiger partial charge in [-0.05, 0) is 80.3 Å². The molecule has 1 amide bonds. The van der Waals surface area contributed by atoms with Gasteiger partial charge >= 0.3 is 0 Å². The van der Waals surface area contributed by atoms with E-state index in [2.05, 4.69) is 12.1 Å². The van der Waals surface area contributed by atoms with Gasteiger partial charge in [0.05, 0.1) is 33.4 Å². The molecule has 37 heavy (non-hydrogen) atoms. The summed E-state index contributed by atoms with van der Waals surface area (Å²) in [5.41, 5.74) is 4.06. The Morgan fingerprint density at radius 1 is 1.08 bits per heavy atom. The second-order valence-corrected chi connectivity index (χ2v) is 12.3. The SMILES string of the molecule is Cc1cc(C)c2nc(N(CC3CCCO3)C(=O)c3ccc(S(=O)(=O)N(C)c4ccccc4)cc3)sc2c1. The molecular formula is C28H29N3O4S2. The van der Waals surface area contributed by atoms with E-state index in [0.717, 1.165) is 34.2 Å². The molecule has 9 heteroatoms. The molecule has 0 N–H and O–H groups in total. The van der Waals surface area contributed by atoms with Crippen molar-refractivity contribution in [3.8, 4) is 0 Å². The molecule has 3 aromatic carbocycles. The molecule has 1 aliphatic heterocycles. The second-order valence-electron chi connectivity index (χ2n) is 9.31. The number of carbonyl (C=O) groups is 1. The Kier molecular flexibility index (Phi) is 7.02. The average molecular weight is 536 g/mol. The molecule has 0 radical (unpaired) electrons. The predicted octanol–water partition coefficient (Wildman–Crippen LogP) is 5.56. The van der Waals surface area contributed by atoms with Crippen molar-refractivity contribution in [1.82, 2.24) is 4.98 Å². The van der Waals surface area contributed by atoms with E-state index in [0.29, 0.717) is 29.5 Å². The van der Waals surface area contributed by atoms with Crippen LogP contribution >= 0.6 is 11.3 Å². The summed E-state index contributed by atoms with van der Waals surface area (Å²) in [7, 11) is -2.26. The predicted molar refractivity (Wildman–Crippen MR) is 148 cm³/mol. The van der Waals surface area contributed by atoms with Crippen molar-refractivity contribution in [2.45, 2.75) is 37.7 Å². The number of aryl methyl sites for hydroxylation is 2. The molecule has 0 aliphatic carbocycles. The molecule has 0 saturated carbocycles. The van der Waals surface area contributed by atoms with E-state index < -0.39 is 10.0 Å². The molecule has 1 saturated heterocycles. The Hall–Kier alpha value is -3.27. The number of amides is 1. The van der Waals surface area contributed by atoms with Gasteiger partial charge in [-0.25, -0.2) is 13.4 Å². The maximum Gasteiger partial charge on any atom is 0.264 e. The van der Waals surface area contributed by atoms with E-state index in [1.165, 1.54) is 34.8 Å². The number of rotatable bonds is 7. The van der Waals surface area contributed by atoms with Crippen LogP contribution in [0.2, 0.25) is 0 Å². The number of nitrogens with zero attached hydrogens (tertiary/aromatic N) is 3. The Labute approximate surface area is 221 Å². The lowest BCUT2D eigenvalue weighted by Gasteiger charge is -2.23. The minimum atomic E-state index is -3.77. The first kappa shape index (κ1) is 25.4. The van der Waals surface area contributed by atoms with E-state index in [-0.39, 0.29) is 16.9 Å². The quantitative estimate of drug-likeness (QED) is 0.309. The fourth-order valence-electron chi connectivity index (χ4n) is 4.57. The number of carbonyl (C=O) groups excluding carboxylic acids is 1. The maximum atomic E-state index is 13.8. The van der Waals surface area contributed by atoms with Gasteiger partial charge in [0.1, 0.15) is 0 Å². The van der Waals surface area contributed by atoms with Crippen molar-refractivity contribution >= 4 is 48.3 Å². The molecule has 1 atom stereocenters. The van der Waals surface area contributed by atoms with Gasteiger partial charge in [0.2, 0.25) is 0 Å². The van der Waals surface area contributed by atoms with Gasteiger partial charge in [-0.1, -0.05) is 35.6 Å². The molecule has 0 spiro atoms. The van der Waals surface area contributed by atoms with E-state index in [9.17, 15) is 13.2 Å². The van der Waals surface area contributed by atoms with E-state index in [4.69, 9.17) is 9.72 Å². The first-order valence-electron chi connectivity index (χ1n) is 12.2. The third-order valence-corrected chi connectivity index (χ3v) is 9.41. The molecular weight excluding hydrogens is 506 g/mol. The van der Waals surface area contributed by atoms with Crippen LogP contribution in [0.1, 0.15) is 34.3 Å². The number of ether oxygens (including phenoxy) is 1. The van der Waals surface area contributed by atoms with Gasteiger partial charge in [0, 0.05) is 19.2 Å². The van der Waals surface area contributed by atoms with E-state index >= 15 is 0 Å². The third kappa shape index (κ3) is 5.12. The average Bonchev–Trinajstić information content (AvgIpc) is 3.57. The van der Waals surface area contributed by atoms with Crippen LogP contribution in [0, 0.1) is 13.8 Å². The van der Waals surface area contributed by atoms with Gasteiger partial charge in [-0.3, -0.25) is 14.0 Å². The van der Waals surface area contributed by atoms with Crippen LogP contribution in [0.4, 0.5) is 10.8 Å². The van der Waals surface area contributed by atoms with Gasteiger partial charge in [-0.2, -0.15) is 0 Å². The molecule has 2 heterocycles. The van der Waals surface area contributed by atoms with Crippen LogP contribution in [0.25, 0.3) is 10.2 Å². The third-order valence-electron chi connectivity index (χ3n) is 6.58. The molecule has 1 unspecified atom stereocenters. The van der Waals surface area contributed by atoms with Gasteiger partial charge in [-0.15, -0.1) is 0 Å². The topological polar surface area (TPSA) is 79.8 Å². The van der Waals surface area contributed by atoms with Crippen LogP contribution in [-0.2, 0) is 14.8 Å². The number of hydrogen-bond acceptors (Lipinski definition) is 6. The molecule has 0 bridgehead atoms. The zero-order chi connectivity index (χ0) is 26.2. The normalized spacial score (nSPS) is 15.7. The monoisotopic (exact) mass is 535 g/mol. The number of benzene rings is 3. The highest BCUT2D eigenvalue weighted by Crippen LogP contribution is 2.33. The smallest absolute Gasteiger partial charge is 0.264 e. The van der Waals surface area contributed by atoms with Crippen LogP contribution in [0.3, 0.4) is 0 Å². The van der Waals surface area contributed by atoms with Gasteiger partial charge < -0.3 is 4.74 Å². The zero-order valence-electron chi connectivity index (χ0n) is 21.0. The van der Waals surface area contributed by atoms with E-state index in [1.807, 2.05) is 19.9 Å². The summed E-state index contributed by atoms with van der Waals surface area (Å²) in [6.07, 6.45) is 1.79. The first-order valence-corrected chi connectivity index (χ1v) is 14.4. The Morgan fingerprint density at radius 3 is 2.49 bits per heavy atom. The number of sulfonamides is 1. The Bertz CT molecular complexity index is 1530. The summed E-state index contributed by atoms with van der Waals surface area (Å²) < 4.78 is 34.4. The number of thiazole rings is 1. The van der Waals surface area contributed by atoms with Gasteiger partial charge in [0.15, 0.2) is 5.13 Å². The molecule has 1 aliphatic rings. The number of fused-ring (bicyclic) bond motifs is 1. The number of aromatic nitrogens is 1. The fraction of sp³-hybridized carbons (Fsp3) is 0.286. The number of para-hydroxylation sites is 1. The summed E-state index contributed by atoms with van der Waals surface area (Å²) in [5.74, 6) is -0.232. The van der Waals surface area contributed by atoms with Crippen molar-refractivity contribution in [1.29, 1.82) is 0 Å². The molecule has 7 nitrogen and oxygen atoms in total. The van der Waals surface area contributed by atoms with Crippen LogP contribution in [-0.4, -0.2) is 45.6 Å². The van der Waals surface area contributed by atoms with Crippen molar-refractivity contribution < 1.29 is 17.9 Å². The molecule has 4 aromatic rings. The lowest BCUT2D eigenvalue weighted by Crippen LogP contribution is -2.37. The number of anilines is 2. The Morgan fingerprint density at radius 2 is 1.81 bits per heavy atom. The minimum Gasteiger partial charge on any atom is -0.376 e. The molecule has 192 valence electrons. The lowest BCUT2D eigenvalue weighted by atomic mass is 10.1. The number of hydrogen-bond donors (Lipinski definition) is 0. The van der Waals surface area contributed by atoms with Crippen molar-refractivity contribution in [2.24, 2.45) is 0 Å². The summed E-state index contributed by atoms with van der Waals surface area (Å²) in [6.45, 7) is 5.16. The van der Waals surface area contributed by atoms with Crippen LogP contribution in [0.5, 0.6) is 0 Å². The maximum absolute atomic E-state index is 13.8. The van der Waals surface area contributed by atoms with Gasteiger partial charge in [0.25, 0.3) is 15.9 Å². The molecule has 1 aromatic heterocycles. The van der Waals surface area contributed by atoms with Crippen LogP contribution < -0.4 is 9.21 Å². The molecule has 5 rings (SSSR count). The second kappa shape index (κ2) is 10.2. The van der Waals surface area contributed by atoms with Crippen molar-refractivity contribution in [2.75, 3.05) is 29.4 Å². The lowest BCUT2D eigenvalue weighted by molar-refractivity contribution is 0.0917. The highest BCUT2D eigenvalue weighted by atomic mass is 32.2. The standard InChI is InChI=1S/C28H29N3O4S2/c1-19-16-20(2)26-25(17-19)36-28(29-26)31(18-23-10-7-15-35-23)27(32)21-11-13-24(14-12-21)37(33,34)30(3)22-8-5-4-6-9-22/h4-6,8-9,11-14,16-17,23H,7,10,15,18H2,1-3H3. The highest BCUT2D eigenvalue weighted by molar-refractivity contribution is 7.92. The largest absolute Gasteiger partial charge is 0.376 e. The van der Waals surface area contributed by atoms with Crippen molar-refractivity contribution in [3.63, 3.8) is 0 Å². The summed E-state index contributed by atoms with van der Waals surface area (Å²) in [5, 5.41) is 0.615. The minimum absolute atomic E-state index is 0.0574. The fourth-order valence-corrected chi connectivity index (χ4v) is 6.92.